The number of rotatable bonds is 3. The predicted molar refractivity (Wildman–Crippen MR) is 59.6 cm³/mol. The standard InChI is InChI=1S/C11H14ClNO2/c12-10-4-3-9(14)6-11(10)15-7-8-2-1-5-13-8/h3-4,6,8,13-14H,1-2,5,7H2. The molecule has 15 heavy (non-hydrogen) atoms. The van der Waals surface area contributed by atoms with Crippen molar-refractivity contribution in [1.82, 2.24) is 5.32 Å². The Kier molecular flexibility index (Phi) is 3.34. The van der Waals surface area contributed by atoms with Gasteiger partial charge in [0, 0.05) is 12.1 Å². The van der Waals surface area contributed by atoms with Gasteiger partial charge < -0.3 is 15.2 Å². The molecule has 2 rings (SSSR count). The number of nitrogens with one attached hydrogen (secondary N) is 1. The highest BCUT2D eigenvalue weighted by Gasteiger charge is 2.15. The maximum Gasteiger partial charge on any atom is 0.141 e. The van der Waals surface area contributed by atoms with Crippen molar-refractivity contribution in [3.63, 3.8) is 0 Å². The van der Waals surface area contributed by atoms with Crippen LogP contribution in [0.3, 0.4) is 0 Å². The van der Waals surface area contributed by atoms with E-state index in [0.717, 1.165) is 13.0 Å². The number of hydrogen-bond acceptors (Lipinski definition) is 3. The van der Waals surface area contributed by atoms with Gasteiger partial charge in [0.15, 0.2) is 0 Å². The summed E-state index contributed by atoms with van der Waals surface area (Å²) in [6, 6.07) is 5.12. The van der Waals surface area contributed by atoms with Crippen molar-refractivity contribution in [2.24, 2.45) is 0 Å². The highest BCUT2D eigenvalue weighted by Crippen LogP contribution is 2.28. The molecule has 1 aliphatic rings. The number of benzene rings is 1. The minimum Gasteiger partial charge on any atom is -0.508 e. The molecule has 1 fully saturated rings. The van der Waals surface area contributed by atoms with Crippen LogP contribution >= 0.6 is 11.6 Å². The Labute approximate surface area is 94.0 Å². The van der Waals surface area contributed by atoms with Crippen LogP contribution in [0.4, 0.5) is 0 Å². The molecule has 0 saturated carbocycles. The molecule has 1 aromatic rings. The van der Waals surface area contributed by atoms with Crippen molar-refractivity contribution in [2.45, 2.75) is 18.9 Å². The summed E-state index contributed by atoms with van der Waals surface area (Å²) < 4.78 is 5.55. The second-order valence-electron chi connectivity index (χ2n) is 3.72. The smallest absolute Gasteiger partial charge is 0.141 e. The molecule has 0 aliphatic carbocycles. The molecule has 0 spiro atoms. The lowest BCUT2D eigenvalue weighted by molar-refractivity contribution is 0.276. The fourth-order valence-electron chi connectivity index (χ4n) is 1.69. The van der Waals surface area contributed by atoms with Crippen LogP contribution in [0.25, 0.3) is 0 Å². The third kappa shape index (κ3) is 2.76. The van der Waals surface area contributed by atoms with Crippen LogP contribution in [0.2, 0.25) is 5.02 Å². The molecule has 0 aromatic heterocycles. The van der Waals surface area contributed by atoms with Gasteiger partial charge in [-0.15, -0.1) is 0 Å². The molecule has 1 heterocycles. The number of phenols is 1. The minimum atomic E-state index is 0.175. The topological polar surface area (TPSA) is 41.5 Å². The van der Waals surface area contributed by atoms with E-state index >= 15 is 0 Å². The van der Waals surface area contributed by atoms with Crippen molar-refractivity contribution in [3.05, 3.63) is 23.2 Å². The first kappa shape index (κ1) is 10.6. The van der Waals surface area contributed by atoms with Gasteiger partial charge in [0.25, 0.3) is 0 Å². The van der Waals surface area contributed by atoms with Crippen molar-refractivity contribution in [1.29, 1.82) is 0 Å². The highest BCUT2D eigenvalue weighted by molar-refractivity contribution is 6.32. The zero-order chi connectivity index (χ0) is 10.7. The van der Waals surface area contributed by atoms with Gasteiger partial charge in [-0.3, -0.25) is 0 Å². The highest BCUT2D eigenvalue weighted by atomic mass is 35.5. The molecule has 1 aromatic carbocycles. The Morgan fingerprint density at radius 1 is 1.53 bits per heavy atom. The summed E-state index contributed by atoms with van der Waals surface area (Å²) in [7, 11) is 0. The first-order chi connectivity index (χ1) is 7.25. The van der Waals surface area contributed by atoms with Gasteiger partial charge in [0.1, 0.15) is 18.1 Å². The van der Waals surface area contributed by atoms with E-state index in [0.29, 0.717) is 23.4 Å². The Bertz CT molecular complexity index is 337. The van der Waals surface area contributed by atoms with Gasteiger partial charge in [0.05, 0.1) is 5.02 Å². The van der Waals surface area contributed by atoms with Gasteiger partial charge >= 0.3 is 0 Å². The fraction of sp³-hybridized carbons (Fsp3) is 0.455. The van der Waals surface area contributed by atoms with E-state index in [1.165, 1.54) is 12.5 Å². The SMILES string of the molecule is Oc1ccc(Cl)c(OCC2CCCN2)c1. The van der Waals surface area contributed by atoms with Crippen LogP contribution in [0.1, 0.15) is 12.8 Å². The van der Waals surface area contributed by atoms with Crippen molar-refractivity contribution in [3.8, 4) is 11.5 Å². The maximum atomic E-state index is 9.28. The first-order valence-electron chi connectivity index (χ1n) is 5.10. The summed E-state index contributed by atoms with van der Waals surface area (Å²) in [5.74, 6) is 0.721. The van der Waals surface area contributed by atoms with Crippen LogP contribution in [-0.4, -0.2) is 24.3 Å². The normalized spacial score (nSPS) is 20.5. The van der Waals surface area contributed by atoms with Crippen molar-refractivity contribution in [2.75, 3.05) is 13.2 Å². The third-order valence-electron chi connectivity index (χ3n) is 2.52. The zero-order valence-corrected chi connectivity index (χ0v) is 9.13. The van der Waals surface area contributed by atoms with Gasteiger partial charge in [-0.05, 0) is 31.5 Å². The largest absolute Gasteiger partial charge is 0.508 e. The van der Waals surface area contributed by atoms with Crippen molar-refractivity contribution < 1.29 is 9.84 Å². The van der Waals surface area contributed by atoms with Gasteiger partial charge in [-0.2, -0.15) is 0 Å². The molecular weight excluding hydrogens is 214 g/mol. The molecule has 0 amide bonds. The number of halogens is 1. The Hall–Kier alpha value is -0.930. The van der Waals surface area contributed by atoms with E-state index < -0.39 is 0 Å². The third-order valence-corrected chi connectivity index (χ3v) is 2.83. The lowest BCUT2D eigenvalue weighted by Crippen LogP contribution is -2.28. The summed E-state index contributed by atoms with van der Waals surface area (Å²) in [6.07, 6.45) is 2.33. The number of ether oxygens (including phenoxy) is 1. The lowest BCUT2D eigenvalue weighted by Gasteiger charge is -2.13. The second-order valence-corrected chi connectivity index (χ2v) is 4.13. The number of aromatic hydroxyl groups is 1. The second kappa shape index (κ2) is 4.73. The van der Waals surface area contributed by atoms with Crippen LogP contribution in [0, 0.1) is 0 Å². The summed E-state index contributed by atoms with van der Waals surface area (Å²) in [5.41, 5.74) is 0. The predicted octanol–water partition coefficient (Wildman–Crippen LogP) is 2.18. The van der Waals surface area contributed by atoms with E-state index in [1.54, 1.807) is 12.1 Å². The lowest BCUT2D eigenvalue weighted by atomic mass is 10.2. The summed E-state index contributed by atoms with van der Waals surface area (Å²) >= 11 is 5.93. The summed E-state index contributed by atoms with van der Waals surface area (Å²) in [5, 5.41) is 13.1. The fourth-order valence-corrected chi connectivity index (χ4v) is 1.86. The number of hydrogen-bond donors (Lipinski definition) is 2. The number of phenolic OH excluding ortho intramolecular Hbond substituents is 1. The molecule has 4 heteroatoms. The molecule has 1 saturated heterocycles. The quantitative estimate of drug-likeness (QED) is 0.832. The monoisotopic (exact) mass is 227 g/mol. The average molecular weight is 228 g/mol. The van der Waals surface area contributed by atoms with Crippen LogP contribution in [0.15, 0.2) is 18.2 Å². The van der Waals surface area contributed by atoms with Crippen LogP contribution < -0.4 is 10.1 Å². The van der Waals surface area contributed by atoms with Gasteiger partial charge in [0.2, 0.25) is 0 Å². The van der Waals surface area contributed by atoms with E-state index in [1.807, 2.05) is 0 Å². The molecule has 1 atom stereocenters. The molecule has 2 N–H and O–H groups in total. The van der Waals surface area contributed by atoms with Crippen molar-refractivity contribution >= 4 is 11.6 Å². The Morgan fingerprint density at radius 2 is 2.40 bits per heavy atom. The molecule has 82 valence electrons. The minimum absolute atomic E-state index is 0.175. The van der Waals surface area contributed by atoms with E-state index in [9.17, 15) is 5.11 Å². The van der Waals surface area contributed by atoms with Gasteiger partial charge in [-0.25, -0.2) is 0 Å². The van der Waals surface area contributed by atoms with E-state index in [4.69, 9.17) is 16.3 Å². The molecule has 0 radical (unpaired) electrons. The summed E-state index contributed by atoms with van der Waals surface area (Å²) in [4.78, 5) is 0. The first-order valence-corrected chi connectivity index (χ1v) is 5.48. The van der Waals surface area contributed by atoms with Gasteiger partial charge in [-0.1, -0.05) is 11.6 Å². The van der Waals surface area contributed by atoms with E-state index in [-0.39, 0.29) is 5.75 Å². The van der Waals surface area contributed by atoms with Crippen LogP contribution in [0.5, 0.6) is 11.5 Å². The Balaban J connectivity index is 1.94. The molecule has 1 unspecified atom stereocenters. The van der Waals surface area contributed by atoms with E-state index in [2.05, 4.69) is 5.32 Å². The molecular formula is C11H14ClNO2. The molecule has 1 aliphatic heterocycles. The van der Waals surface area contributed by atoms with Crippen LogP contribution in [-0.2, 0) is 0 Å². The zero-order valence-electron chi connectivity index (χ0n) is 8.37. The summed E-state index contributed by atoms with van der Waals surface area (Å²) in [6.45, 7) is 1.66. The molecule has 0 bridgehead atoms. The average Bonchev–Trinajstić information content (AvgIpc) is 2.72. The molecule has 3 nitrogen and oxygen atoms in total. The Morgan fingerprint density at radius 3 is 3.13 bits per heavy atom. The maximum absolute atomic E-state index is 9.28.